The fourth-order valence-electron chi connectivity index (χ4n) is 3.30. The number of nitrogens with zero attached hydrogens (tertiary/aromatic N) is 4. The van der Waals surface area contributed by atoms with Crippen LogP contribution < -0.4 is 0 Å². The molecule has 4 rings (SSSR count). The van der Waals surface area contributed by atoms with Gasteiger partial charge in [-0.2, -0.15) is 18.2 Å². The zero-order valence-corrected chi connectivity index (χ0v) is 15.7. The van der Waals surface area contributed by atoms with E-state index in [0.717, 1.165) is 18.5 Å². The third-order valence-corrected chi connectivity index (χ3v) is 4.80. The first-order valence-electron chi connectivity index (χ1n) is 9.28. The Kier molecular flexibility index (Phi) is 5.39. The Hall–Kier alpha value is -3.43. The molecular weight excluding hydrogens is 401 g/mol. The maximum Gasteiger partial charge on any atom is 0.471 e. The molecule has 156 valence electrons. The largest absolute Gasteiger partial charge is 0.471 e. The normalized spacial score (nSPS) is 17.6. The highest BCUT2D eigenvalue weighted by atomic mass is 19.4. The Labute approximate surface area is 169 Å². The van der Waals surface area contributed by atoms with Gasteiger partial charge in [-0.25, -0.2) is 0 Å². The van der Waals surface area contributed by atoms with E-state index in [1.165, 1.54) is 18.5 Å². The number of amides is 1. The Morgan fingerprint density at radius 3 is 2.80 bits per heavy atom. The molecule has 1 atom stereocenters. The monoisotopic (exact) mass is 418 g/mol. The highest BCUT2D eigenvalue weighted by Crippen LogP contribution is 2.30. The second kappa shape index (κ2) is 8.13. The van der Waals surface area contributed by atoms with Crippen molar-refractivity contribution in [1.29, 1.82) is 0 Å². The fraction of sp³-hybridized carbons (Fsp3) is 0.300. The quantitative estimate of drug-likeness (QED) is 0.592. The molecule has 1 amide bonds. The fourth-order valence-corrected chi connectivity index (χ4v) is 3.30. The number of hydrogen-bond acceptors (Lipinski definition) is 6. The summed E-state index contributed by atoms with van der Waals surface area (Å²) in [6, 6.07) is 6.83. The molecule has 0 aromatic carbocycles. The van der Waals surface area contributed by atoms with Crippen LogP contribution in [0.25, 0.3) is 17.5 Å². The van der Waals surface area contributed by atoms with Gasteiger partial charge in [0.05, 0.1) is 6.26 Å². The average Bonchev–Trinajstić information content (AvgIpc) is 3.44. The highest BCUT2D eigenvalue weighted by Gasteiger charge is 2.38. The minimum Gasteiger partial charge on any atom is -0.465 e. The molecule has 1 aliphatic heterocycles. The molecule has 0 spiro atoms. The zero-order chi connectivity index (χ0) is 21.1. The molecule has 0 saturated carbocycles. The molecule has 0 aliphatic carbocycles. The van der Waals surface area contributed by atoms with Crippen LogP contribution in [0.5, 0.6) is 0 Å². The summed E-state index contributed by atoms with van der Waals surface area (Å²) < 4.78 is 47.3. The number of aromatic nitrogens is 3. The number of piperidine rings is 1. The van der Waals surface area contributed by atoms with Crippen LogP contribution in [0.2, 0.25) is 0 Å². The van der Waals surface area contributed by atoms with E-state index < -0.39 is 12.1 Å². The van der Waals surface area contributed by atoms with Crippen LogP contribution in [0, 0.1) is 0 Å². The van der Waals surface area contributed by atoms with E-state index >= 15 is 0 Å². The van der Waals surface area contributed by atoms with Gasteiger partial charge in [0.2, 0.25) is 11.7 Å². The molecule has 0 bridgehead atoms. The van der Waals surface area contributed by atoms with Gasteiger partial charge in [0.15, 0.2) is 0 Å². The standard InChI is InChI=1S/C20H17F3N4O3/c21-20(22,23)19-25-18(26-30-19)13-5-7-16(24-11-13)14-3-1-9-27(12-14)17(28)8-6-15-4-2-10-29-15/h2,4-8,10-11,14H,1,3,9,12H2. The number of carbonyl (C=O) groups is 1. The van der Waals surface area contributed by atoms with Crippen LogP contribution in [0.4, 0.5) is 13.2 Å². The summed E-state index contributed by atoms with van der Waals surface area (Å²) in [7, 11) is 0. The lowest BCUT2D eigenvalue weighted by Gasteiger charge is -2.31. The lowest BCUT2D eigenvalue weighted by molar-refractivity contribution is -0.159. The number of alkyl halides is 3. The molecule has 3 aromatic heterocycles. The minimum atomic E-state index is -4.69. The molecule has 3 aromatic rings. The van der Waals surface area contributed by atoms with Crippen molar-refractivity contribution in [2.75, 3.05) is 13.1 Å². The van der Waals surface area contributed by atoms with E-state index in [2.05, 4.69) is 19.6 Å². The third kappa shape index (κ3) is 4.42. The lowest BCUT2D eigenvalue weighted by atomic mass is 9.94. The maximum atomic E-state index is 12.6. The molecule has 0 radical (unpaired) electrons. The number of pyridine rings is 1. The van der Waals surface area contributed by atoms with E-state index in [9.17, 15) is 18.0 Å². The average molecular weight is 418 g/mol. The molecule has 4 heterocycles. The molecular formula is C20H17F3N4O3. The molecule has 10 heteroatoms. The minimum absolute atomic E-state index is 0.0322. The van der Waals surface area contributed by atoms with Gasteiger partial charge in [-0.05, 0) is 43.2 Å². The van der Waals surface area contributed by atoms with Gasteiger partial charge in [0.1, 0.15) is 5.76 Å². The molecule has 1 saturated heterocycles. The topological polar surface area (TPSA) is 85.3 Å². The first-order valence-corrected chi connectivity index (χ1v) is 9.28. The summed E-state index contributed by atoms with van der Waals surface area (Å²) in [6.07, 6.45) is 3.05. The second-order valence-corrected chi connectivity index (χ2v) is 6.86. The van der Waals surface area contributed by atoms with Crippen molar-refractivity contribution in [2.24, 2.45) is 0 Å². The molecule has 30 heavy (non-hydrogen) atoms. The maximum absolute atomic E-state index is 12.6. The molecule has 0 N–H and O–H groups in total. The molecule has 1 aliphatic rings. The number of furan rings is 1. The summed E-state index contributed by atoms with van der Waals surface area (Å²) in [5.74, 6) is -1.05. The van der Waals surface area contributed by atoms with Gasteiger partial charge in [0.25, 0.3) is 0 Å². The van der Waals surface area contributed by atoms with Gasteiger partial charge in [-0.3, -0.25) is 9.78 Å². The van der Waals surface area contributed by atoms with Crippen LogP contribution in [0.15, 0.2) is 51.7 Å². The molecule has 1 fully saturated rings. The van der Waals surface area contributed by atoms with E-state index in [1.54, 1.807) is 35.2 Å². The van der Waals surface area contributed by atoms with Crippen molar-refractivity contribution in [3.05, 3.63) is 60.1 Å². The van der Waals surface area contributed by atoms with Crippen LogP contribution >= 0.6 is 0 Å². The Morgan fingerprint density at radius 2 is 2.13 bits per heavy atom. The summed E-state index contributed by atoms with van der Waals surface area (Å²) in [5.41, 5.74) is 1.08. The summed E-state index contributed by atoms with van der Waals surface area (Å²) in [6.45, 7) is 1.16. The van der Waals surface area contributed by atoms with Gasteiger partial charge < -0.3 is 13.8 Å². The van der Waals surface area contributed by atoms with Crippen LogP contribution in [-0.4, -0.2) is 39.0 Å². The van der Waals surface area contributed by atoms with Crippen LogP contribution in [0.1, 0.15) is 36.1 Å². The van der Waals surface area contributed by atoms with Gasteiger partial charge in [-0.15, -0.1) is 0 Å². The molecule has 7 nitrogen and oxygen atoms in total. The first-order chi connectivity index (χ1) is 14.4. The first kappa shape index (κ1) is 19.9. The van der Waals surface area contributed by atoms with Crippen molar-refractivity contribution < 1.29 is 26.9 Å². The van der Waals surface area contributed by atoms with Crippen molar-refractivity contribution >= 4 is 12.0 Å². The SMILES string of the molecule is O=C(C=Cc1ccco1)N1CCCC(c2ccc(-c3noc(C(F)(F)F)n3)cn2)C1. The summed E-state index contributed by atoms with van der Waals surface area (Å²) >= 11 is 0. The van der Waals surface area contributed by atoms with Gasteiger partial charge in [0, 0.05) is 42.5 Å². The number of rotatable bonds is 4. The number of likely N-dealkylation sites (tertiary alicyclic amines) is 1. The van der Waals surface area contributed by atoms with Crippen LogP contribution in [-0.2, 0) is 11.0 Å². The van der Waals surface area contributed by atoms with Crippen molar-refractivity contribution in [1.82, 2.24) is 20.0 Å². The predicted molar refractivity (Wildman–Crippen MR) is 98.8 cm³/mol. The summed E-state index contributed by atoms with van der Waals surface area (Å²) in [4.78, 5) is 21.9. The van der Waals surface area contributed by atoms with Crippen molar-refractivity contribution in [2.45, 2.75) is 24.9 Å². The highest BCUT2D eigenvalue weighted by molar-refractivity contribution is 5.91. The van der Waals surface area contributed by atoms with E-state index in [-0.39, 0.29) is 17.6 Å². The number of hydrogen-bond donors (Lipinski definition) is 0. The Morgan fingerprint density at radius 1 is 1.27 bits per heavy atom. The van der Waals surface area contributed by atoms with Crippen LogP contribution in [0.3, 0.4) is 0 Å². The van der Waals surface area contributed by atoms with Crippen molar-refractivity contribution in [3.63, 3.8) is 0 Å². The van der Waals surface area contributed by atoms with E-state index in [0.29, 0.717) is 24.4 Å². The van der Waals surface area contributed by atoms with Crippen molar-refractivity contribution in [3.8, 4) is 11.4 Å². The van der Waals surface area contributed by atoms with E-state index in [4.69, 9.17) is 4.42 Å². The van der Waals surface area contributed by atoms with Gasteiger partial charge >= 0.3 is 12.1 Å². The van der Waals surface area contributed by atoms with Gasteiger partial charge in [-0.1, -0.05) is 5.16 Å². The molecule has 1 unspecified atom stereocenters. The van der Waals surface area contributed by atoms with E-state index in [1.807, 2.05) is 0 Å². The zero-order valence-electron chi connectivity index (χ0n) is 15.7. The lowest BCUT2D eigenvalue weighted by Crippen LogP contribution is -2.38. The number of carbonyl (C=O) groups excluding carboxylic acids is 1. The predicted octanol–water partition coefficient (Wildman–Crippen LogP) is 4.16. The third-order valence-electron chi connectivity index (χ3n) is 4.80. The smallest absolute Gasteiger partial charge is 0.465 e. The Bertz CT molecular complexity index is 1030. The number of halogens is 3. The Balaban J connectivity index is 1.42. The summed E-state index contributed by atoms with van der Waals surface area (Å²) in [5, 5.41) is 3.36. The second-order valence-electron chi connectivity index (χ2n) is 6.86.